The normalized spacial score (nSPS) is 34.5. The molecule has 0 aliphatic heterocycles. The van der Waals surface area contributed by atoms with Crippen molar-refractivity contribution < 1.29 is 9.90 Å². The molecule has 0 heterocycles. The molecule has 0 saturated heterocycles. The van der Waals surface area contributed by atoms with Crippen molar-refractivity contribution in [2.75, 3.05) is 0 Å². The van der Waals surface area contributed by atoms with Crippen molar-refractivity contribution in [3.63, 3.8) is 0 Å². The maximum Gasteiger partial charge on any atom is 0.335 e. The van der Waals surface area contributed by atoms with Crippen LogP contribution in [0.25, 0.3) is 0 Å². The van der Waals surface area contributed by atoms with Gasteiger partial charge in [-0.2, -0.15) is 0 Å². The predicted octanol–water partition coefficient (Wildman–Crippen LogP) is 6.03. The SMILES string of the molecule is CC12CC3CC(C)(C1)CC(c1ccc(C#Cc4cccc(C(=O)O)c4)cc1)(C3)C2. The van der Waals surface area contributed by atoms with E-state index >= 15 is 0 Å². The highest BCUT2D eigenvalue weighted by Gasteiger charge is 2.60. The zero-order chi connectivity index (χ0) is 20.3. The molecule has 29 heavy (non-hydrogen) atoms. The molecule has 2 aromatic carbocycles. The van der Waals surface area contributed by atoms with Gasteiger partial charge in [-0.05, 0) is 96.6 Å². The Morgan fingerprint density at radius 2 is 1.55 bits per heavy atom. The monoisotopic (exact) mass is 384 g/mol. The van der Waals surface area contributed by atoms with E-state index in [1.54, 1.807) is 18.2 Å². The number of hydrogen-bond acceptors (Lipinski definition) is 1. The van der Waals surface area contributed by atoms with E-state index in [0.29, 0.717) is 16.2 Å². The van der Waals surface area contributed by atoms with Crippen molar-refractivity contribution in [1.82, 2.24) is 0 Å². The average molecular weight is 385 g/mol. The molecule has 6 rings (SSSR count). The number of rotatable bonds is 2. The summed E-state index contributed by atoms with van der Waals surface area (Å²) in [5.41, 5.74) is 4.87. The highest BCUT2D eigenvalue weighted by molar-refractivity contribution is 5.88. The van der Waals surface area contributed by atoms with Gasteiger partial charge in [0.05, 0.1) is 5.56 Å². The molecule has 148 valence electrons. The summed E-state index contributed by atoms with van der Waals surface area (Å²) < 4.78 is 0. The molecule has 4 bridgehead atoms. The minimum atomic E-state index is -0.920. The van der Waals surface area contributed by atoms with Gasteiger partial charge in [0.25, 0.3) is 0 Å². The summed E-state index contributed by atoms with van der Waals surface area (Å²) in [5, 5.41) is 9.13. The summed E-state index contributed by atoms with van der Waals surface area (Å²) >= 11 is 0. The molecule has 4 saturated carbocycles. The van der Waals surface area contributed by atoms with Crippen molar-refractivity contribution in [2.24, 2.45) is 16.7 Å². The van der Waals surface area contributed by atoms with Gasteiger partial charge in [0.2, 0.25) is 0 Å². The summed E-state index contributed by atoms with van der Waals surface area (Å²) in [7, 11) is 0. The van der Waals surface area contributed by atoms with Crippen LogP contribution in [0.3, 0.4) is 0 Å². The molecule has 2 atom stereocenters. The van der Waals surface area contributed by atoms with E-state index in [0.717, 1.165) is 17.0 Å². The highest BCUT2D eigenvalue weighted by Crippen LogP contribution is 2.69. The van der Waals surface area contributed by atoms with Crippen LogP contribution in [0.1, 0.15) is 79.4 Å². The summed E-state index contributed by atoms with van der Waals surface area (Å²) in [6, 6.07) is 15.7. The fourth-order valence-corrected chi connectivity index (χ4v) is 7.55. The molecule has 4 fully saturated rings. The van der Waals surface area contributed by atoms with Gasteiger partial charge in [0.1, 0.15) is 0 Å². The standard InChI is InChI=1S/C27H28O2/c1-25-13-21-14-26(2,16-25)18-27(15-21,17-25)23-10-8-19(9-11-23)6-7-20-4-3-5-22(12-20)24(28)29/h3-5,8-12,21H,13-18H2,1-2H3,(H,28,29). The Kier molecular flexibility index (Phi) is 3.97. The van der Waals surface area contributed by atoms with Crippen LogP contribution in [-0.2, 0) is 5.41 Å². The van der Waals surface area contributed by atoms with E-state index < -0.39 is 5.97 Å². The number of benzene rings is 2. The van der Waals surface area contributed by atoms with Crippen LogP contribution in [0.4, 0.5) is 0 Å². The first-order valence-corrected chi connectivity index (χ1v) is 10.7. The molecular formula is C27H28O2. The van der Waals surface area contributed by atoms with Gasteiger partial charge in [0.15, 0.2) is 0 Å². The number of hydrogen-bond donors (Lipinski definition) is 1. The van der Waals surface area contributed by atoms with Gasteiger partial charge in [-0.3, -0.25) is 0 Å². The Hall–Kier alpha value is -2.53. The molecule has 2 unspecified atom stereocenters. The molecule has 2 heteroatoms. The van der Waals surface area contributed by atoms with Crippen LogP contribution in [0.2, 0.25) is 0 Å². The topological polar surface area (TPSA) is 37.3 Å². The Morgan fingerprint density at radius 1 is 0.897 bits per heavy atom. The van der Waals surface area contributed by atoms with Crippen LogP contribution >= 0.6 is 0 Å². The lowest BCUT2D eigenvalue weighted by Crippen LogP contribution is -2.56. The van der Waals surface area contributed by atoms with E-state index in [4.69, 9.17) is 5.11 Å². The van der Waals surface area contributed by atoms with Crippen molar-refractivity contribution in [1.29, 1.82) is 0 Å². The maximum absolute atomic E-state index is 11.1. The zero-order valence-electron chi connectivity index (χ0n) is 17.3. The maximum atomic E-state index is 11.1. The van der Waals surface area contributed by atoms with Crippen LogP contribution < -0.4 is 0 Å². The lowest BCUT2D eigenvalue weighted by atomic mass is 9.39. The largest absolute Gasteiger partial charge is 0.478 e. The summed E-state index contributed by atoms with van der Waals surface area (Å²) in [6.45, 7) is 5.05. The zero-order valence-corrected chi connectivity index (χ0v) is 17.3. The van der Waals surface area contributed by atoms with Gasteiger partial charge >= 0.3 is 5.97 Å². The smallest absolute Gasteiger partial charge is 0.335 e. The number of aromatic carboxylic acids is 1. The van der Waals surface area contributed by atoms with Crippen molar-refractivity contribution in [3.05, 3.63) is 70.8 Å². The molecule has 4 aliphatic carbocycles. The highest BCUT2D eigenvalue weighted by atomic mass is 16.4. The Morgan fingerprint density at radius 3 is 2.17 bits per heavy atom. The molecule has 2 aromatic rings. The first-order chi connectivity index (χ1) is 13.8. The number of carboxylic acid groups (broad SMARTS) is 1. The Bertz CT molecular complexity index is 1020. The molecule has 0 spiro atoms. The van der Waals surface area contributed by atoms with Gasteiger partial charge in [-0.15, -0.1) is 0 Å². The fraction of sp³-hybridized carbons (Fsp3) is 0.444. The quantitative estimate of drug-likeness (QED) is 0.642. The van der Waals surface area contributed by atoms with Gasteiger partial charge in [-0.25, -0.2) is 4.79 Å². The predicted molar refractivity (Wildman–Crippen MR) is 115 cm³/mol. The second kappa shape index (κ2) is 6.23. The summed E-state index contributed by atoms with van der Waals surface area (Å²) in [4.78, 5) is 11.1. The Labute approximate surface area is 173 Å². The average Bonchev–Trinajstić information content (AvgIpc) is 2.64. The van der Waals surface area contributed by atoms with E-state index in [1.165, 1.54) is 44.1 Å². The van der Waals surface area contributed by atoms with E-state index in [2.05, 4.69) is 50.0 Å². The Balaban J connectivity index is 1.41. The minimum Gasteiger partial charge on any atom is -0.478 e. The third-order valence-electron chi connectivity index (χ3n) is 7.58. The molecule has 0 radical (unpaired) electrons. The van der Waals surface area contributed by atoms with Crippen LogP contribution in [0.15, 0.2) is 48.5 Å². The molecule has 0 aromatic heterocycles. The van der Waals surface area contributed by atoms with E-state index in [-0.39, 0.29) is 5.56 Å². The molecular weight excluding hydrogens is 356 g/mol. The first kappa shape index (κ1) is 18.5. The lowest BCUT2D eigenvalue weighted by Gasteiger charge is -2.65. The second-order valence-electron chi connectivity index (χ2n) is 10.6. The van der Waals surface area contributed by atoms with Crippen LogP contribution in [0, 0.1) is 28.6 Å². The van der Waals surface area contributed by atoms with Gasteiger partial charge in [-0.1, -0.05) is 43.9 Å². The third-order valence-corrected chi connectivity index (χ3v) is 7.58. The summed E-state index contributed by atoms with van der Waals surface area (Å²) in [6.07, 6.45) is 8.26. The molecule has 1 N–H and O–H groups in total. The van der Waals surface area contributed by atoms with Gasteiger partial charge in [0, 0.05) is 11.1 Å². The fourth-order valence-electron chi connectivity index (χ4n) is 7.55. The van der Waals surface area contributed by atoms with E-state index in [9.17, 15) is 4.79 Å². The second-order valence-corrected chi connectivity index (χ2v) is 10.6. The molecule has 2 nitrogen and oxygen atoms in total. The number of carboxylic acids is 1. The van der Waals surface area contributed by atoms with Crippen molar-refractivity contribution >= 4 is 5.97 Å². The van der Waals surface area contributed by atoms with Crippen LogP contribution in [-0.4, -0.2) is 11.1 Å². The molecule has 4 aliphatic rings. The first-order valence-electron chi connectivity index (χ1n) is 10.7. The number of carbonyl (C=O) groups is 1. The lowest BCUT2D eigenvalue weighted by molar-refractivity contribution is -0.110. The third kappa shape index (κ3) is 3.27. The van der Waals surface area contributed by atoms with Gasteiger partial charge < -0.3 is 5.11 Å². The van der Waals surface area contributed by atoms with Crippen LogP contribution in [0.5, 0.6) is 0 Å². The van der Waals surface area contributed by atoms with Crippen molar-refractivity contribution in [3.8, 4) is 11.8 Å². The van der Waals surface area contributed by atoms with E-state index in [1.807, 2.05) is 6.07 Å². The minimum absolute atomic E-state index is 0.274. The van der Waals surface area contributed by atoms with Crippen molar-refractivity contribution in [2.45, 2.75) is 57.8 Å². The molecule has 0 amide bonds. The summed E-state index contributed by atoms with van der Waals surface area (Å²) in [5.74, 6) is 6.28.